The highest BCUT2D eigenvalue weighted by atomic mass is 16.7. The fraction of sp³-hybridized carbons (Fsp3) is 0.833. The Bertz CT molecular complexity index is 1820. The van der Waals surface area contributed by atoms with Gasteiger partial charge in [0.05, 0.1) is 32.0 Å². The quantitative estimate of drug-likeness (QED) is 0.0204. The predicted octanol–water partition coefficient (Wildman–Crippen LogP) is 16.6. The summed E-state index contributed by atoms with van der Waals surface area (Å²) in [6, 6.07) is -0.943. The van der Waals surface area contributed by atoms with Gasteiger partial charge in [0, 0.05) is 6.42 Å². The van der Waals surface area contributed by atoms with Crippen molar-refractivity contribution >= 4 is 5.91 Å². The van der Waals surface area contributed by atoms with Crippen molar-refractivity contribution in [3.05, 3.63) is 72.9 Å². The molecular weight excluding hydrogens is 1160 g/mol. The Hall–Kier alpha value is -2.57. The zero-order chi connectivity index (χ0) is 66.6. The standard InChI is InChI=1S/C78H141NO13/c1-3-5-7-9-11-13-15-17-19-21-23-25-27-29-31-33-35-37-39-41-43-45-47-49-51-53-55-57-59-61-67(82)66(65-89-77-75(88)73(86)76(69(64-81)91-77)92-78-74(87)72(85)71(84)68(63-80)90-78)79-70(83)62-60-58-56-54-52-50-48-46-44-42-40-38-36-34-32-30-28-26-24-22-20-18-16-14-12-10-8-6-4-2/h16,18,22,24,28,30,43,45,51,53,59,61,66-69,71-78,80-82,84-88H,3-15,17,19-21,23,25-27,29,31-42,44,46-50,52,54-58,60,62-65H2,1-2H3,(H,79,83)/b18-16-,24-22-,30-28-,45-43+,53-51+,61-59+. The molecule has 12 atom stereocenters. The summed E-state index contributed by atoms with van der Waals surface area (Å²) < 4.78 is 22.9. The summed E-state index contributed by atoms with van der Waals surface area (Å²) in [5.74, 6) is -0.252. The molecule has 1 amide bonds. The van der Waals surface area contributed by atoms with E-state index in [0.717, 1.165) is 57.8 Å². The number of rotatable bonds is 63. The molecular formula is C78H141NO13. The highest BCUT2D eigenvalue weighted by Gasteiger charge is 2.51. The number of allylic oxidation sites excluding steroid dienone is 11. The van der Waals surface area contributed by atoms with E-state index in [-0.39, 0.29) is 18.9 Å². The Kier molecular flexibility index (Phi) is 57.6. The van der Waals surface area contributed by atoms with Crippen LogP contribution in [0.5, 0.6) is 0 Å². The molecule has 0 radical (unpaired) electrons. The van der Waals surface area contributed by atoms with E-state index < -0.39 is 86.8 Å². The van der Waals surface area contributed by atoms with Crippen LogP contribution in [0.25, 0.3) is 0 Å². The Morgan fingerprint density at radius 3 is 1.14 bits per heavy atom. The molecule has 0 saturated carbocycles. The zero-order valence-electron chi connectivity index (χ0n) is 58.5. The second-order valence-electron chi connectivity index (χ2n) is 26.8. The van der Waals surface area contributed by atoms with E-state index in [2.05, 4.69) is 79.9 Å². The molecule has 0 spiro atoms. The summed E-state index contributed by atoms with van der Waals surface area (Å²) in [6.07, 6.45) is 68.3. The first-order valence-electron chi connectivity index (χ1n) is 38.2. The molecule has 2 fully saturated rings. The number of hydrogen-bond acceptors (Lipinski definition) is 13. The summed E-state index contributed by atoms with van der Waals surface area (Å²) in [5.41, 5.74) is 0. The van der Waals surface area contributed by atoms with E-state index in [0.29, 0.717) is 12.8 Å². The molecule has 0 aromatic heterocycles. The van der Waals surface area contributed by atoms with Crippen molar-refractivity contribution in [2.45, 2.75) is 396 Å². The van der Waals surface area contributed by atoms with Gasteiger partial charge in [-0.3, -0.25) is 4.79 Å². The van der Waals surface area contributed by atoms with Gasteiger partial charge in [0.25, 0.3) is 0 Å². The third kappa shape index (κ3) is 45.0. The minimum absolute atomic E-state index is 0.252. The monoisotopic (exact) mass is 1300 g/mol. The van der Waals surface area contributed by atoms with Crippen molar-refractivity contribution in [1.82, 2.24) is 5.32 Å². The van der Waals surface area contributed by atoms with Gasteiger partial charge in [-0.1, -0.05) is 305 Å². The number of aliphatic hydroxyl groups excluding tert-OH is 8. The van der Waals surface area contributed by atoms with E-state index in [1.54, 1.807) is 6.08 Å². The maximum Gasteiger partial charge on any atom is 0.220 e. The Labute approximate surface area is 561 Å². The maximum atomic E-state index is 13.4. The number of unbranched alkanes of at least 4 members (excludes halogenated alkanes) is 40. The van der Waals surface area contributed by atoms with E-state index in [1.807, 2.05) is 6.08 Å². The molecule has 0 aromatic carbocycles. The van der Waals surface area contributed by atoms with Gasteiger partial charge >= 0.3 is 0 Å². The van der Waals surface area contributed by atoms with Gasteiger partial charge in [0.15, 0.2) is 12.6 Å². The van der Waals surface area contributed by atoms with Gasteiger partial charge in [-0.2, -0.15) is 0 Å². The third-order valence-corrected chi connectivity index (χ3v) is 18.3. The first-order valence-corrected chi connectivity index (χ1v) is 38.2. The number of carbonyl (C=O) groups excluding carboxylic acids is 1. The highest BCUT2D eigenvalue weighted by molar-refractivity contribution is 5.76. The summed E-state index contributed by atoms with van der Waals surface area (Å²) in [6.45, 7) is 2.80. The zero-order valence-corrected chi connectivity index (χ0v) is 58.5. The molecule has 2 aliphatic heterocycles. The van der Waals surface area contributed by atoms with Crippen molar-refractivity contribution in [3.8, 4) is 0 Å². The lowest BCUT2D eigenvalue weighted by Gasteiger charge is -2.46. The number of carbonyl (C=O) groups is 1. The smallest absolute Gasteiger partial charge is 0.220 e. The molecule has 9 N–H and O–H groups in total. The van der Waals surface area contributed by atoms with Crippen LogP contribution in [0.2, 0.25) is 0 Å². The molecule has 2 aliphatic rings. The van der Waals surface area contributed by atoms with E-state index in [9.17, 15) is 45.6 Å². The van der Waals surface area contributed by atoms with Gasteiger partial charge in [-0.15, -0.1) is 0 Å². The van der Waals surface area contributed by atoms with Crippen LogP contribution in [-0.4, -0.2) is 140 Å². The predicted molar refractivity (Wildman–Crippen MR) is 378 cm³/mol. The molecule has 2 rings (SSSR count). The highest BCUT2D eigenvalue weighted by Crippen LogP contribution is 2.30. The van der Waals surface area contributed by atoms with Crippen LogP contribution >= 0.6 is 0 Å². The molecule has 14 heteroatoms. The Morgan fingerprint density at radius 1 is 0.391 bits per heavy atom. The summed E-state index contributed by atoms with van der Waals surface area (Å²) >= 11 is 0. The number of amides is 1. The molecule has 0 bridgehead atoms. The molecule has 2 heterocycles. The van der Waals surface area contributed by atoms with Crippen LogP contribution in [0.15, 0.2) is 72.9 Å². The number of aliphatic hydroxyl groups is 8. The Balaban J connectivity index is 1.67. The lowest BCUT2D eigenvalue weighted by molar-refractivity contribution is -0.359. The summed E-state index contributed by atoms with van der Waals surface area (Å²) in [7, 11) is 0. The van der Waals surface area contributed by atoms with Crippen LogP contribution in [0, 0.1) is 0 Å². The maximum absolute atomic E-state index is 13.4. The van der Waals surface area contributed by atoms with Gasteiger partial charge in [-0.25, -0.2) is 0 Å². The number of nitrogens with one attached hydrogen (secondary N) is 1. The normalized spacial score (nSPS) is 23.1. The minimum atomic E-state index is -1.80. The van der Waals surface area contributed by atoms with Crippen LogP contribution in [0.1, 0.15) is 322 Å². The van der Waals surface area contributed by atoms with Crippen molar-refractivity contribution in [3.63, 3.8) is 0 Å². The minimum Gasteiger partial charge on any atom is -0.394 e. The van der Waals surface area contributed by atoms with Crippen molar-refractivity contribution in [2.75, 3.05) is 19.8 Å². The van der Waals surface area contributed by atoms with Crippen molar-refractivity contribution in [2.24, 2.45) is 0 Å². The van der Waals surface area contributed by atoms with Crippen LogP contribution < -0.4 is 5.32 Å². The number of hydrogen-bond donors (Lipinski definition) is 9. The average Bonchev–Trinajstić information content (AvgIpc) is 0.836. The van der Waals surface area contributed by atoms with Crippen molar-refractivity contribution in [1.29, 1.82) is 0 Å². The second kappa shape index (κ2) is 62.0. The fourth-order valence-electron chi connectivity index (χ4n) is 12.3. The largest absolute Gasteiger partial charge is 0.394 e. The van der Waals surface area contributed by atoms with Crippen molar-refractivity contribution < 1.29 is 64.6 Å². The topological polar surface area (TPSA) is 228 Å². The van der Waals surface area contributed by atoms with E-state index in [4.69, 9.17) is 18.9 Å². The summed E-state index contributed by atoms with van der Waals surface area (Å²) in [4.78, 5) is 13.4. The second-order valence-corrected chi connectivity index (χ2v) is 26.8. The summed E-state index contributed by atoms with van der Waals surface area (Å²) in [5, 5.41) is 87.6. The van der Waals surface area contributed by atoms with E-state index >= 15 is 0 Å². The average molecular weight is 1300 g/mol. The lowest BCUT2D eigenvalue weighted by atomic mass is 9.97. The first kappa shape index (κ1) is 85.5. The van der Waals surface area contributed by atoms with Crippen LogP contribution in [0.4, 0.5) is 0 Å². The van der Waals surface area contributed by atoms with Crippen LogP contribution in [-0.2, 0) is 23.7 Å². The molecule has 0 aliphatic carbocycles. The molecule has 92 heavy (non-hydrogen) atoms. The van der Waals surface area contributed by atoms with Gasteiger partial charge in [0.2, 0.25) is 5.91 Å². The van der Waals surface area contributed by atoms with Gasteiger partial charge < -0.3 is 65.1 Å². The lowest BCUT2D eigenvalue weighted by Crippen LogP contribution is -2.65. The first-order chi connectivity index (χ1) is 45.1. The third-order valence-electron chi connectivity index (χ3n) is 18.3. The number of ether oxygens (including phenoxy) is 4. The SMILES string of the molecule is CCCCCCC/C=C\C/C=C\C/C=C\CCCCCCCCCCCCCCCCC(=O)NC(COC1OC(CO)C(OC2OC(CO)C(O)C(O)C2O)C(O)C1O)C(O)/C=C/CC/C=C/CC/C=C/CCCCCCCCCCCCCCCCCCCCC. The molecule has 2 saturated heterocycles. The fourth-order valence-corrected chi connectivity index (χ4v) is 12.3. The Morgan fingerprint density at radius 2 is 0.728 bits per heavy atom. The van der Waals surface area contributed by atoms with Gasteiger partial charge in [0.1, 0.15) is 48.8 Å². The van der Waals surface area contributed by atoms with Gasteiger partial charge in [-0.05, 0) is 83.5 Å². The van der Waals surface area contributed by atoms with E-state index in [1.165, 1.54) is 231 Å². The molecule has 0 aromatic rings. The van der Waals surface area contributed by atoms with Crippen LogP contribution in [0.3, 0.4) is 0 Å². The molecule has 536 valence electrons. The molecule has 12 unspecified atom stereocenters. The molecule has 14 nitrogen and oxygen atoms in total.